The molecule has 0 aliphatic heterocycles. The van der Waals surface area contributed by atoms with Crippen LogP contribution in [-0.4, -0.2) is 48.1 Å². The molecule has 37 heavy (non-hydrogen) atoms. The van der Waals surface area contributed by atoms with E-state index in [9.17, 15) is 28.2 Å². The van der Waals surface area contributed by atoms with Crippen molar-refractivity contribution in [2.24, 2.45) is 0 Å². The van der Waals surface area contributed by atoms with Crippen molar-refractivity contribution in [3.63, 3.8) is 0 Å². The number of aliphatic hydroxyl groups is 2. The number of urea groups is 1. The van der Waals surface area contributed by atoms with E-state index in [0.717, 1.165) is 17.7 Å². The van der Waals surface area contributed by atoms with Crippen LogP contribution < -0.4 is 20.7 Å². The number of nitrogens with one attached hydrogen (secondary N) is 3. The van der Waals surface area contributed by atoms with Gasteiger partial charge in [-0.2, -0.15) is 13.2 Å². The van der Waals surface area contributed by atoms with E-state index in [1.807, 2.05) is 18.2 Å². The Balaban J connectivity index is 1.46. The number of anilines is 2. The summed E-state index contributed by atoms with van der Waals surface area (Å²) >= 11 is 5.59. The van der Waals surface area contributed by atoms with Gasteiger partial charge in [-0.25, -0.2) is 4.79 Å². The summed E-state index contributed by atoms with van der Waals surface area (Å²) in [5, 5.41) is 27.4. The van der Waals surface area contributed by atoms with Crippen LogP contribution in [0, 0.1) is 0 Å². The smallest absolute Gasteiger partial charge is 0.417 e. The van der Waals surface area contributed by atoms with Gasteiger partial charge in [0.1, 0.15) is 18.5 Å². The third kappa shape index (κ3) is 9.25. The summed E-state index contributed by atoms with van der Waals surface area (Å²) in [6, 6.07) is 17.9. The number of amides is 2. The van der Waals surface area contributed by atoms with E-state index >= 15 is 0 Å². The number of ether oxygens (including phenoxy) is 1. The third-order valence-electron chi connectivity index (χ3n) is 5.27. The lowest BCUT2D eigenvalue weighted by Crippen LogP contribution is -2.41. The molecular formula is C26H27ClF3N3O4. The molecule has 0 aromatic heterocycles. The van der Waals surface area contributed by atoms with Crippen LogP contribution in [0.3, 0.4) is 0 Å². The van der Waals surface area contributed by atoms with E-state index in [1.54, 1.807) is 36.4 Å². The molecule has 2 amide bonds. The summed E-state index contributed by atoms with van der Waals surface area (Å²) < 4.78 is 44.5. The summed E-state index contributed by atoms with van der Waals surface area (Å²) in [7, 11) is 0. The predicted molar refractivity (Wildman–Crippen MR) is 136 cm³/mol. The molecule has 0 fully saturated rings. The normalized spacial score (nSPS) is 13.0. The van der Waals surface area contributed by atoms with Gasteiger partial charge in [0.25, 0.3) is 0 Å². The molecule has 0 saturated carbocycles. The monoisotopic (exact) mass is 537 g/mol. The Bertz CT molecular complexity index is 1150. The number of rotatable bonds is 11. The molecule has 7 nitrogen and oxygen atoms in total. The van der Waals surface area contributed by atoms with Gasteiger partial charge in [-0.1, -0.05) is 41.9 Å². The molecule has 3 rings (SSSR count). The first-order valence-electron chi connectivity index (χ1n) is 11.4. The molecule has 0 saturated heterocycles. The Morgan fingerprint density at radius 1 is 0.973 bits per heavy atom. The van der Waals surface area contributed by atoms with Crippen molar-refractivity contribution in [2.45, 2.75) is 24.7 Å². The summed E-state index contributed by atoms with van der Waals surface area (Å²) in [5.74, 6) is 0.655. The first-order chi connectivity index (χ1) is 17.6. The number of hydrogen-bond acceptors (Lipinski definition) is 5. The molecule has 0 aliphatic carbocycles. The first kappa shape index (κ1) is 28.3. The van der Waals surface area contributed by atoms with Crippen molar-refractivity contribution < 1.29 is 32.9 Å². The standard InChI is InChI=1S/C26H27ClF3N3O4/c27-24-11-10-19(13-23(24)26(28,29)30)33-25(36)32-18-8-6-17(7-9-18)12-20(15-34)31-14-21(35)16-37-22-4-2-1-3-5-22/h1-11,13,20-21,31,34-35H,12,14-16H2,(H2,32,33,36)/t20-,21-/m0/s1. The van der Waals surface area contributed by atoms with E-state index in [-0.39, 0.29) is 31.5 Å². The number of carbonyl (C=O) groups is 1. The molecule has 5 N–H and O–H groups in total. The molecule has 0 aliphatic rings. The van der Waals surface area contributed by atoms with Gasteiger partial charge in [0.2, 0.25) is 0 Å². The van der Waals surface area contributed by atoms with E-state index in [1.165, 1.54) is 6.07 Å². The van der Waals surface area contributed by atoms with Gasteiger partial charge in [-0.05, 0) is 54.4 Å². The summed E-state index contributed by atoms with van der Waals surface area (Å²) in [6.07, 6.45) is -4.96. The Kier molecular flexibility index (Phi) is 10.2. The fraction of sp³-hybridized carbons (Fsp3) is 0.269. The minimum Gasteiger partial charge on any atom is -0.491 e. The highest BCUT2D eigenvalue weighted by Crippen LogP contribution is 2.36. The van der Waals surface area contributed by atoms with Crippen molar-refractivity contribution in [3.8, 4) is 5.75 Å². The van der Waals surface area contributed by atoms with Crippen LogP contribution in [0.4, 0.5) is 29.3 Å². The Hall–Kier alpha value is -3.31. The SMILES string of the molecule is O=C(Nc1ccc(C[C@@H](CO)NC[C@H](O)COc2ccccc2)cc1)Nc1ccc(Cl)c(C(F)(F)F)c1. The van der Waals surface area contributed by atoms with E-state index in [4.69, 9.17) is 16.3 Å². The van der Waals surface area contributed by atoms with Crippen LogP contribution in [0.2, 0.25) is 5.02 Å². The fourth-order valence-corrected chi connectivity index (χ4v) is 3.62. The Morgan fingerprint density at radius 3 is 2.27 bits per heavy atom. The largest absolute Gasteiger partial charge is 0.491 e. The summed E-state index contributed by atoms with van der Waals surface area (Å²) in [4.78, 5) is 12.2. The van der Waals surface area contributed by atoms with E-state index in [2.05, 4.69) is 16.0 Å². The number of halogens is 4. The maximum Gasteiger partial charge on any atom is 0.417 e. The molecular weight excluding hydrogens is 511 g/mol. The number of aliphatic hydroxyl groups excluding tert-OH is 2. The molecule has 3 aromatic carbocycles. The van der Waals surface area contributed by atoms with Gasteiger partial charge in [0.15, 0.2) is 0 Å². The fourth-order valence-electron chi connectivity index (χ4n) is 3.39. The topological polar surface area (TPSA) is 103 Å². The van der Waals surface area contributed by atoms with Crippen molar-refractivity contribution in [2.75, 3.05) is 30.4 Å². The van der Waals surface area contributed by atoms with Gasteiger partial charge in [0, 0.05) is 24.0 Å². The number of para-hydroxylation sites is 1. The number of benzene rings is 3. The van der Waals surface area contributed by atoms with Gasteiger partial charge < -0.3 is 30.9 Å². The molecule has 0 bridgehead atoms. The van der Waals surface area contributed by atoms with Gasteiger partial charge in [0.05, 0.1) is 17.2 Å². The quantitative estimate of drug-likeness (QED) is 0.238. The molecule has 3 aromatic rings. The lowest BCUT2D eigenvalue weighted by molar-refractivity contribution is -0.137. The van der Waals surface area contributed by atoms with Gasteiger partial charge in [-0.15, -0.1) is 0 Å². The molecule has 2 atom stereocenters. The van der Waals surface area contributed by atoms with Crippen LogP contribution in [0.1, 0.15) is 11.1 Å². The maximum atomic E-state index is 13.0. The Morgan fingerprint density at radius 2 is 1.62 bits per heavy atom. The van der Waals surface area contributed by atoms with E-state index in [0.29, 0.717) is 17.9 Å². The van der Waals surface area contributed by atoms with Gasteiger partial charge >= 0.3 is 12.2 Å². The molecule has 0 radical (unpaired) electrons. The van der Waals surface area contributed by atoms with Crippen LogP contribution in [-0.2, 0) is 12.6 Å². The lowest BCUT2D eigenvalue weighted by atomic mass is 10.1. The van der Waals surface area contributed by atoms with Crippen molar-refractivity contribution >= 4 is 29.0 Å². The minimum atomic E-state index is -4.64. The van der Waals surface area contributed by atoms with Crippen molar-refractivity contribution in [3.05, 3.63) is 88.9 Å². The van der Waals surface area contributed by atoms with Crippen LogP contribution in [0.5, 0.6) is 5.75 Å². The lowest BCUT2D eigenvalue weighted by Gasteiger charge is -2.19. The average molecular weight is 538 g/mol. The second kappa shape index (κ2) is 13.3. The summed E-state index contributed by atoms with van der Waals surface area (Å²) in [6.45, 7) is 0.166. The van der Waals surface area contributed by atoms with Gasteiger partial charge in [-0.3, -0.25) is 0 Å². The minimum absolute atomic E-state index is 0.0564. The number of alkyl halides is 3. The molecule has 11 heteroatoms. The molecule has 0 unspecified atom stereocenters. The first-order valence-corrected chi connectivity index (χ1v) is 11.8. The van der Waals surface area contributed by atoms with Crippen LogP contribution in [0.15, 0.2) is 72.8 Å². The van der Waals surface area contributed by atoms with Crippen molar-refractivity contribution in [1.29, 1.82) is 0 Å². The zero-order chi connectivity index (χ0) is 26.8. The molecule has 0 heterocycles. The predicted octanol–water partition coefficient (Wildman–Crippen LogP) is 4.94. The number of carbonyl (C=O) groups excluding carboxylic acids is 1. The molecule has 0 spiro atoms. The zero-order valence-electron chi connectivity index (χ0n) is 19.6. The second-order valence-electron chi connectivity index (χ2n) is 8.24. The van der Waals surface area contributed by atoms with Crippen LogP contribution >= 0.6 is 11.6 Å². The third-order valence-corrected chi connectivity index (χ3v) is 5.60. The Labute approximate surface area is 217 Å². The zero-order valence-corrected chi connectivity index (χ0v) is 20.4. The highest BCUT2D eigenvalue weighted by molar-refractivity contribution is 6.31. The molecule has 198 valence electrons. The second-order valence-corrected chi connectivity index (χ2v) is 8.65. The maximum absolute atomic E-state index is 13.0. The highest BCUT2D eigenvalue weighted by atomic mass is 35.5. The average Bonchev–Trinajstić information content (AvgIpc) is 2.87. The van der Waals surface area contributed by atoms with Crippen molar-refractivity contribution in [1.82, 2.24) is 5.32 Å². The van der Waals surface area contributed by atoms with Crippen LogP contribution in [0.25, 0.3) is 0 Å². The van der Waals surface area contributed by atoms with E-state index < -0.39 is 28.9 Å². The highest BCUT2D eigenvalue weighted by Gasteiger charge is 2.33. The number of hydrogen-bond donors (Lipinski definition) is 5. The summed E-state index contributed by atoms with van der Waals surface area (Å²) in [5.41, 5.74) is 0.187.